The zero-order chi connectivity index (χ0) is 14.8. The molecule has 0 fully saturated rings. The predicted molar refractivity (Wildman–Crippen MR) is 78.2 cm³/mol. The maximum absolute atomic E-state index is 11.3. The molecule has 1 aromatic carbocycles. The molecule has 4 nitrogen and oxygen atoms in total. The van der Waals surface area contributed by atoms with Crippen molar-refractivity contribution in [3.63, 3.8) is 0 Å². The summed E-state index contributed by atoms with van der Waals surface area (Å²) in [6, 6.07) is 7.53. The molecule has 0 aliphatic carbocycles. The second kappa shape index (κ2) is 9.37. The van der Waals surface area contributed by atoms with E-state index in [0.717, 1.165) is 24.2 Å². The molecule has 1 unspecified atom stereocenters. The highest BCUT2D eigenvalue weighted by Gasteiger charge is 2.17. The van der Waals surface area contributed by atoms with Crippen molar-refractivity contribution >= 4 is 5.97 Å². The van der Waals surface area contributed by atoms with E-state index >= 15 is 0 Å². The van der Waals surface area contributed by atoms with Crippen molar-refractivity contribution in [2.75, 3.05) is 20.3 Å². The molecule has 0 spiro atoms. The fourth-order valence-corrected chi connectivity index (χ4v) is 1.93. The third-order valence-corrected chi connectivity index (χ3v) is 3.24. The number of hydrogen-bond acceptors (Lipinski definition) is 3. The minimum atomic E-state index is -0.764. The summed E-state index contributed by atoms with van der Waals surface area (Å²) in [6.45, 7) is 3.32. The summed E-state index contributed by atoms with van der Waals surface area (Å²) in [5.74, 6) is -0.381. The first-order chi connectivity index (χ1) is 9.67. The van der Waals surface area contributed by atoms with Crippen molar-refractivity contribution in [2.45, 2.75) is 32.6 Å². The zero-order valence-corrected chi connectivity index (χ0v) is 12.3. The largest absolute Gasteiger partial charge is 0.497 e. The van der Waals surface area contributed by atoms with Crippen LogP contribution in [0.1, 0.15) is 31.7 Å². The van der Waals surface area contributed by atoms with Gasteiger partial charge in [0.05, 0.1) is 13.0 Å². The SMILES string of the molecule is CCCCOCCC(Cc1ccc(OC)cc1)C(=O)O. The van der Waals surface area contributed by atoms with Gasteiger partial charge in [-0.05, 0) is 37.0 Å². The number of aliphatic carboxylic acids is 1. The van der Waals surface area contributed by atoms with Crippen LogP contribution in [0.4, 0.5) is 0 Å². The Kier molecular flexibility index (Phi) is 7.73. The molecule has 0 aromatic heterocycles. The Morgan fingerprint density at radius 1 is 1.25 bits per heavy atom. The predicted octanol–water partition coefficient (Wildman–Crippen LogP) is 3.15. The number of benzene rings is 1. The Balaban J connectivity index is 2.43. The van der Waals surface area contributed by atoms with Crippen LogP contribution in [0, 0.1) is 5.92 Å². The highest BCUT2D eigenvalue weighted by atomic mass is 16.5. The first kappa shape index (κ1) is 16.5. The van der Waals surface area contributed by atoms with E-state index in [9.17, 15) is 9.90 Å². The normalized spacial score (nSPS) is 12.1. The number of carboxylic acid groups (broad SMARTS) is 1. The van der Waals surface area contributed by atoms with E-state index in [1.165, 1.54) is 0 Å². The molecule has 1 aromatic rings. The summed E-state index contributed by atoms with van der Waals surface area (Å²) in [5, 5.41) is 9.26. The number of carboxylic acids is 1. The summed E-state index contributed by atoms with van der Waals surface area (Å²) >= 11 is 0. The minimum absolute atomic E-state index is 0.398. The standard InChI is InChI=1S/C16H24O4/c1-3-4-10-20-11-9-14(16(17)18)12-13-5-7-15(19-2)8-6-13/h5-8,14H,3-4,9-12H2,1-2H3,(H,17,18). The van der Waals surface area contributed by atoms with Gasteiger partial charge in [-0.1, -0.05) is 25.5 Å². The fourth-order valence-electron chi connectivity index (χ4n) is 1.93. The van der Waals surface area contributed by atoms with Crippen molar-refractivity contribution in [2.24, 2.45) is 5.92 Å². The average Bonchev–Trinajstić information content (AvgIpc) is 2.46. The average molecular weight is 280 g/mol. The summed E-state index contributed by atoms with van der Waals surface area (Å²) in [5.41, 5.74) is 1.01. The van der Waals surface area contributed by atoms with Crippen LogP contribution in [-0.2, 0) is 16.0 Å². The third-order valence-electron chi connectivity index (χ3n) is 3.24. The van der Waals surface area contributed by atoms with Gasteiger partial charge in [0.1, 0.15) is 5.75 Å². The van der Waals surface area contributed by atoms with Gasteiger partial charge in [-0.25, -0.2) is 0 Å². The molecule has 4 heteroatoms. The number of unbranched alkanes of at least 4 members (excludes halogenated alkanes) is 1. The van der Waals surface area contributed by atoms with Crippen LogP contribution < -0.4 is 4.74 Å². The Labute approximate surface area is 120 Å². The van der Waals surface area contributed by atoms with E-state index < -0.39 is 11.9 Å². The summed E-state index contributed by atoms with van der Waals surface area (Å²) in [6.07, 6.45) is 3.19. The van der Waals surface area contributed by atoms with Crippen LogP contribution in [-0.4, -0.2) is 31.4 Å². The van der Waals surface area contributed by atoms with E-state index in [2.05, 4.69) is 6.92 Å². The van der Waals surface area contributed by atoms with E-state index in [-0.39, 0.29) is 0 Å². The number of hydrogen-bond donors (Lipinski definition) is 1. The van der Waals surface area contributed by atoms with Crippen molar-refractivity contribution in [3.8, 4) is 5.75 Å². The highest BCUT2D eigenvalue weighted by Crippen LogP contribution is 2.17. The second-order valence-corrected chi connectivity index (χ2v) is 4.84. The van der Waals surface area contributed by atoms with Gasteiger partial charge in [-0.3, -0.25) is 4.79 Å². The molecule has 1 N–H and O–H groups in total. The first-order valence-corrected chi connectivity index (χ1v) is 7.10. The molecule has 0 heterocycles. The molecule has 1 atom stereocenters. The van der Waals surface area contributed by atoms with Crippen molar-refractivity contribution in [1.82, 2.24) is 0 Å². The smallest absolute Gasteiger partial charge is 0.306 e. The molecule has 1 rings (SSSR count). The maximum atomic E-state index is 11.3. The van der Waals surface area contributed by atoms with Crippen LogP contribution in [0.2, 0.25) is 0 Å². The van der Waals surface area contributed by atoms with Gasteiger partial charge in [0.25, 0.3) is 0 Å². The number of carbonyl (C=O) groups is 1. The molecule has 0 radical (unpaired) electrons. The lowest BCUT2D eigenvalue weighted by Gasteiger charge is -2.13. The maximum Gasteiger partial charge on any atom is 0.306 e. The quantitative estimate of drug-likeness (QED) is 0.669. The fraction of sp³-hybridized carbons (Fsp3) is 0.562. The molecule has 0 bridgehead atoms. The van der Waals surface area contributed by atoms with Crippen LogP contribution in [0.3, 0.4) is 0 Å². The van der Waals surface area contributed by atoms with Crippen LogP contribution in [0.5, 0.6) is 5.75 Å². The lowest BCUT2D eigenvalue weighted by atomic mass is 9.96. The van der Waals surface area contributed by atoms with Crippen LogP contribution in [0.25, 0.3) is 0 Å². The zero-order valence-electron chi connectivity index (χ0n) is 12.3. The van der Waals surface area contributed by atoms with Crippen molar-refractivity contribution in [1.29, 1.82) is 0 Å². The van der Waals surface area contributed by atoms with Crippen LogP contribution >= 0.6 is 0 Å². The monoisotopic (exact) mass is 280 g/mol. The summed E-state index contributed by atoms with van der Waals surface area (Å²) in [7, 11) is 1.61. The Morgan fingerprint density at radius 3 is 2.50 bits per heavy atom. The molecule has 0 saturated carbocycles. The number of methoxy groups -OCH3 is 1. The summed E-state index contributed by atoms with van der Waals surface area (Å²) in [4.78, 5) is 11.3. The molecule has 0 amide bonds. The van der Waals surface area contributed by atoms with Crippen molar-refractivity contribution < 1.29 is 19.4 Å². The topological polar surface area (TPSA) is 55.8 Å². The Bertz CT molecular complexity index is 386. The van der Waals surface area contributed by atoms with Gasteiger partial charge >= 0.3 is 5.97 Å². The van der Waals surface area contributed by atoms with Gasteiger partial charge in [0, 0.05) is 13.2 Å². The molecule has 0 aliphatic rings. The van der Waals surface area contributed by atoms with Gasteiger partial charge in [0.15, 0.2) is 0 Å². The summed E-state index contributed by atoms with van der Waals surface area (Å²) < 4.78 is 10.5. The molecule has 0 aliphatic heterocycles. The second-order valence-electron chi connectivity index (χ2n) is 4.84. The number of ether oxygens (including phenoxy) is 2. The van der Waals surface area contributed by atoms with Crippen LogP contribution in [0.15, 0.2) is 24.3 Å². The van der Waals surface area contributed by atoms with E-state index in [1.807, 2.05) is 24.3 Å². The van der Waals surface area contributed by atoms with Crippen molar-refractivity contribution in [3.05, 3.63) is 29.8 Å². The first-order valence-electron chi connectivity index (χ1n) is 7.10. The third kappa shape index (κ3) is 6.06. The van der Waals surface area contributed by atoms with E-state index in [4.69, 9.17) is 9.47 Å². The molecule has 0 saturated heterocycles. The number of rotatable bonds is 10. The highest BCUT2D eigenvalue weighted by molar-refractivity contribution is 5.70. The molecular formula is C16H24O4. The Hall–Kier alpha value is -1.55. The molecule has 20 heavy (non-hydrogen) atoms. The van der Waals surface area contributed by atoms with Gasteiger partial charge in [-0.15, -0.1) is 0 Å². The Morgan fingerprint density at radius 2 is 1.95 bits per heavy atom. The van der Waals surface area contributed by atoms with E-state index in [1.54, 1.807) is 7.11 Å². The van der Waals surface area contributed by atoms with Gasteiger partial charge in [0.2, 0.25) is 0 Å². The van der Waals surface area contributed by atoms with Gasteiger partial charge in [-0.2, -0.15) is 0 Å². The van der Waals surface area contributed by atoms with E-state index in [0.29, 0.717) is 26.1 Å². The lowest BCUT2D eigenvalue weighted by Crippen LogP contribution is -2.18. The van der Waals surface area contributed by atoms with Gasteiger partial charge < -0.3 is 14.6 Å². The molecule has 112 valence electrons. The lowest BCUT2D eigenvalue weighted by molar-refractivity contribution is -0.142. The minimum Gasteiger partial charge on any atom is -0.497 e. The molecular weight excluding hydrogens is 256 g/mol.